The number of nitrogens with zero attached hydrogens (tertiary/aromatic N) is 2. The van der Waals surface area contributed by atoms with Crippen LogP contribution in [0.5, 0.6) is 0 Å². The number of amides is 2. The zero-order valence-corrected chi connectivity index (χ0v) is 18.8. The highest BCUT2D eigenvalue weighted by atomic mass is 16.6. The summed E-state index contributed by atoms with van der Waals surface area (Å²) in [6, 6.07) is 9.28. The number of ether oxygens (including phenoxy) is 2. The second kappa shape index (κ2) is 10.2. The molecule has 0 N–H and O–H groups in total. The van der Waals surface area contributed by atoms with Crippen molar-refractivity contribution >= 4 is 18.0 Å². The molecule has 0 radical (unpaired) electrons. The topological polar surface area (TPSA) is 76.2 Å². The molecule has 2 fully saturated rings. The lowest BCUT2D eigenvalue weighted by atomic mass is 10.1. The Morgan fingerprint density at radius 3 is 2.19 bits per heavy atom. The van der Waals surface area contributed by atoms with Crippen molar-refractivity contribution in [3.63, 3.8) is 0 Å². The molecule has 31 heavy (non-hydrogen) atoms. The minimum absolute atomic E-state index is 0.00109. The molecule has 2 heterocycles. The summed E-state index contributed by atoms with van der Waals surface area (Å²) in [5, 5.41) is 0. The Hall–Kier alpha value is -2.57. The molecule has 2 aliphatic heterocycles. The molecule has 3 rings (SSSR count). The third-order valence-corrected chi connectivity index (χ3v) is 5.76. The number of hydrogen-bond donors (Lipinski definition) is 0. The first-order valence-corrected chi connectivity index (χ1v) is 11.2. The molecule has 0 unspecified atom stereocenters. The van der Waals surface area contributed by atoms with Crippen LogP contribution in [0, 0.1) is 0 Å². The van der Waals surface area contributed by atoms with Crippen molar-refractivity contribution in [2.45, 2.75) is 83.6 Å². The van der Waals surface area contributed by atoms with Crippen LogP contribution in [0.25, 0.3) is 0 Å². The molecular weight excluding hydrogens is 396 g/mol. The molecule has 2 saturated heterocycles. The van der Waals surface area contributed by atoms with Crippen LogP contribution < -0.4 is 0 Å². The Kier molecular flexibility index (Phi) is 7.57. The van der Waals surface area contributed by atoms with Crippen molar-refractivity contribution in [2.75, 3.05) is 13.1 Å². The third kappa shape index (κ3) is 6.71. The van der Waals surface area contributed by atoms with Gasteiger partial charge in [0.2, 0.25) is 5.91 Å². The average Bonchev–Trinajstić information content (AvgIpc) is 3.35. The maximum Gasteiger partial charge on any atom is 0.410 e. The normalized spacial score (nSPS) is 21.3. The quantitative estimate of drug-likeness (QED) is 0.640. The Bertz CT molecular complexity index is 774. The summed E-state index contributed by atoms with van der Waals surface area (Å²) >= 11 is 0. The van der Waals surface area contributed by atoms with Gasteiger partial charge < -0.3 is 19.3 Å². The Labute approximate surface area is 184 Å². The molecule has 0 aromatic heterocycles. The molecule has 0 saturated carbocycles. The van der Waals surface area contributed by atoms with Gasteiger partial charge in [0.1, 0.15) is 12.2 Å². The van der Waals surface area contributed by atoms with E-state index in [1.165, 1.54) is 0 Å². The Morgan fingerprint density at radius 2 is 1.55 bits per heavy atom. The standard InChI is InChI=1S/C24H34N2O5/c1-24(2,3)31-23(29)26-14-8-11-19(26)15-21(27)25-13-7-12-20(25)16-22(28)30-17-18-9-5-4-6-10-18/h4-6,9-10,19-20H,7-8,11-17H2,1-3H3/t19-,20+/m0/s1. The fraction of sp³-hybridized carbons (Fsp3) is 0.625. The summed E-state index contributed by atoms with van der Waals surface area (Å²) in [6.45, 7) is 7.02. The number of carbonyl (C=O) groups is 3. The highest BCUT2D eigenvalue weighted by Gasteiger charge is 2.37. The lowest BCUT2D eigenvalue weighted by molar-refractivity contribution is -0.147. The summed E-state index contributed by atoms with van der Waals surface area (Å²) in [6.07, 6.45) is 3.46. The minimum atomic E-state index is -0.561. The van der Waals surface area contributed by atoms with Gasteiger partial charge in [0, 0.05) is 31.6 Å². The number of hydrogen-bond acceptors (Lipinski definition) is 5. The van der Waals surface area contributed by atoms with Crippen LogP contribution in [-0.4, -0.2) is 58.5 Å². The average molecular weight is 431 g/mol. The van der Waals surface area contributed by atoms with Crippen molar-refractivity contribution in [1.82, 2.24) is 9.80 Å². The molecule has 170 valence electrons. The Morgan fingerprint density at radius 1 is 0.935 bits per heavy atom. The smallest absolute Gasteiger partial charge is 0.410 e. The molecule has 0 aliphatic carbocycles. The van der Waals surface area contributed by atoms with Crippen LogP contribution in [0.1, 0.15) is 64.9 Å². The SMILES string of the molecule is CC(C)(C)OC(=O)N1CCC[C@H]1CC(=O)N1CCC[C@@H]1CC(=O)OCc1ccccc1. The maximum absolute atomic E-state index is 13.0. The van der Waals surface area contributed by atoms with Crippen molar-refractivity contribution in [2.24, 2.45) is 0 Å². The zero-order chi connectivity index (χ0) is 22.4. The van der Waals surface area contributed by atoms with Gasteiger partial charge in [-0.2, -0.15) is 0 Å². The van der Waals surface area contributed by atoms with E-state index in [2.05, 4.69) is 0 Å². The molecule has 7 heteroatoms. The first kappa shape index (κ1) is 23.1. The second-order valence-corrected chi connectivity index (χ2v) is 9.41. The first-order valence-electron chi connectivity index (χ1n) is 11.2. The molecule has 1 aromatic carbocycles. The fourth-order valence-corrected chi connectivity index (χ4v) is 4.29. The number of benzene rings is 1. The fourth-order valence-electron chi connectivity index (χ4n) is 4.29. The van der Waals surface area contributed by atoms with Gasteiger partial charge in [0.15, 0.2) is 0 Å². The van der Waals surface area contributed by atoms with E-state index < -0.39 is 5.60 Å². The van der Waals surface area contributed by atoms with Gasteiger partial charge in [-0.1, -0.05) is 30.3 Å². The van der Waals surface area contributed by atoms with E-state index in [0.717, 1.165) is 31.2 Å². The van der Waals surface area contributed by atoms with Crippen molar-refractivity contribution < 1.29 is 23.9 Å². The highest BCUT2D eigenvalue weighted by Crippen LogP contribution is 2.27. The molecule has 2 aliphatic rings. The summed E-state index contributed by atoms with van der Waals surface area (Å²) in [5.74, 6) is -0.288. The predicted molar refractivity (Wildman–Crippen MR) is 116 cm³/mol. The summed E-state index contributed by atoms with van der Waals surface area (Å²) < 4.78 is 10.9. The molecule has 0 spiro atoms. The van der Waals surface area contributed by atoms with Crippen LogP contribution in [0.15, 0.2) is 30.3 Å². The second-order valence-electron chi connectivity index (χ2n) is 9.41. The first-order chi connectivity index (χ1) is 14.7. The Balaban J connectivity index is 1.51. The molecule has 2 amide bonds. The molecule has 2 atom stereocenters. The lowest BCUT2D eigenvalue weighted by Gasteiger charge is -2.30. The number of carbonyl (C=O) groups excluding carboxylic acids is 3. The van der Waals surface area contributed by atoms with Crippen LogP contribution in [0.3, 0.4) is 0 Å². The summed E-state index contributed by atoms with van der Waals surface area (Å²) in [7, 11) is 0. The van der Waals surface area contributed by atoms with Gasteiger partial charge in [-0.15, -0.1) is 0 Å². The number of esters is 1. The van der Waals surface area contributed by atoms with Crippen LogP contribution in [-0.2, 0) is 25.7 Å². The van der Waals surface area contributed by atoms with Gasteiger partial charge in [0.25, 0.3) is 0 Å². The third-order valence-electron chi connectivity index (χ3n) is 5.76. The van der Waals surface area contributed by atoms with E-state index in [-0.39, 0.29) is 49.5 Å². The van der Waals surface area contributed by atoms with Gasteiger partial charge in [0.05, 0.1) is 6.42 Å². The van der Waals surface area contributed by atoms with Crippen molar-refractivity contribution in [3.05, 3.63) is 35.9 Å². The van der Waals surface area contributed by atoms with Gasteiger partial charge >= 0.3 is 12.1 Å². The minimum Gasteiger partial charge on any atom is -0.461 e. The van der Waals surface area contributed by atoms with E-state index in [9.17, 15) is 14.4 Å². The van der Waals surface area contributed by atoms with E-state index >= 15 is 0 Å². The highest BCUT2D eigenvalue weighted by molar-refractivity contribution is 5.80. The lowest BCUT2D eigenvalue weighted by Crippen LogP contribution is -2.44. The molecule has 1 aromatic rings. The summed E-state index contributed by atoms with van der Waals surface area (Å²) in [5.41, 5.74) is 0.382. The number of likely N-dealkylation sites (tertiary alicyclic amines) is 2. The zero-order valence-electron chi connectivity index (χ0n) is 18.8. The number of rotatable bonds is 6. The predicted octanol–water partition coefficient (Wildman–Crippen LogP) is 3.90. The van der Waals surface area contributed by atoms with Crippen LogP contribution in [0.2, 0.25) is 0 Å². The van der Waals surface area contributed by atoms with Gasteiger partial charge in [-0.3, -0.25) is 9.59 Å². The van der Waals surface area contributed by atoms with E-state index in [0.29, 0.717) is 13.1 Å². The van der Waals surface area contributed by atoms with E-state index in [1.807, 2.05) is 51.1 Å². The monoisotopic (exact) mass is 430 g/mol. The molecule has 7 nitrogen and oxygen atoms in total. The maximum atomic E-state index is 13.0. The van der Waals surface area contributed by atoms with Gasteiger partial charge in [-0.25, -0.2) is 4.79 Å². The van der Waals surface area contributed by atoms with Gasteiger partial charge in [-0.05, 0) is 52.0 Å². The van der Waals surface area contributed by atoms with Crippen LogP contribution >= 0.6 is 0 Å². The van der Waals surface area contributed by atoms with E-state index in [4.69, 9.17) is 9.47 Å². The van der Waals surface area contributed by atoms with Crippen molar-refractivity contribution in [3.8, 4) is 0 Å². The van der Waals surface area contributed by atoms with E-state index in [1.54, 1.807) is 9.80 Å². The molecular formula is C24H34N2O5. The summed E-state index contributed by atoms with van der Waals surface area (Å²) in [4.78, 5) is 41.3. The largest absolute Gasteiger partial charge is 0.461 e. The molecule has 0 bridgehead atoms. The van der Waals surface area contributed by atoms with Crippen LogP contribution in [0.4, 0.5) is 4.79 Å². The van der Waals surface area contributed by atoms with Crippen molar-refractivity contribution in [1.29, 1.82) is 0 Å².